The van der Waals surface area contributed by atoms with Crippen LogP contribution in [-0.2, 0) is 6.54 Å². The Morgan fingerprint density at radius 3 is 2.77 bits per heavy atom. The minimum Gasteiger partial charge on any atom is -0.477 e. The van der Waals surface area contributed by atoms with Crippen molar-refractivity contribution in [3.63, 3.8) is 0 Å². The first-order valence-electron chi connectivity index (χ1n) is 9.80. The molecule has 1 aromatic rings. The van der Waals surface area contributed by atoms with Crippen LogP contribution in [0.1, 0.15) is 52.5 Å². The summed E-state index contributed by atoms with van der Waals surface area (Å²) in [6.07, 6.45) is 4.59. The third kappa shape index (κ3) is 9.04. The Hall–Kier alpha value is -1.82. The van der Waals surface area contributed by atoms with Crippen LogP contribution < -0.4 is 15.4 Å². The van der Waals surface area contributed by atoms with E-state index < -0.39 is 0 Å². The first-order valence-corrected chi connectivity index (χ1v) is 9.80. The molecule has 0 spiro atoms. The van der Waals surface area contributed by atoms with Gasteiger partial charge in [0.05, 0.1) is 13.2 Å². The van der Waals surface area contributed by atoms with E-state index in [1.54, 1.807) is 6.20 Å². The van der Waals surface area contributed by atoms with Crippen LogP contribution >= 0.6 is 0 Å². The van der Waals surface area contributed by atoms with E-state index in [2.05, 4.69) is 48.3 Å². The molecule has 0 amide bonds. The average molecular weight is 365 g/mol. The molecule has 0 bridgehead atoms. The number of nitrogens with zero attached hydrogens (tertiary/aromatic N) is 2. The summed E-state index contributed by atoms with van der Waals surface area (Å²) in [4.78, 5) is 8.99. The van der Waals surface area contributed by atoms with Crippen LogP contribution in [0.4, 0.5) is 0 Å². The largest absolute Gasteiger partial charge is 0.477 e. The van der Waals surface area contributed by atoms with Gasteiger partial charge in [0.2, 0.25) is 5.88 Å². The smallest absolute Gasteiger partial charge is 0.218 e. The third-order valence-corrected chi connectivity index (χ3v) is 3.94. The highest BCUT2D eigenvalue weighted by atomic mass is 16.5. The molecule has 1 atom stereocenters. The second kappa shape index (κ2) is 13.4. The highest BCUT2D eigenvalue weighted by Gasteiger charge is 2.12. The molecule has 1 rings (SSSR count). The number of guanidine groups is 1. The number of aliphatic hydroxyl groups excluding tert-OH is 1. The van der Waals surface area contributed by atoms with Gasteiger partial charge in [0.25, 0.3) is 0 Å². The number of rotatable bonds is 12. The summed E-state index contributed by atoms with van der Waals surface area (Å²) in [6, 6.07) is 3.91. The van der Waals surface area contributed by atoms with E-state index in [9.17, 15) is 5.11 Å². The van der Waals surface area contributed by atoms with Crippen molar-refractivity contribution >= 4 is 5.96 Å². The number of ether oxygens (including phenoxy) is 1. The summed E-state index contributed by atoms with van der Waals surface area (Å²) in [5.74, 6) is 2.49. The van der Waals surface area contributed by atoms with Crippen LogP contribution in [0, 0.1) is 11.8 Å². The van der Waals surface area contributed by atoms with Crippen molar-refractivity contribution in [3.05, 3.63) is 23.9 Å². The zero-order valence-electron chi connectivity index (χ0n) is 16.8. The van der Waals surface area contributed by atoms with Gasteiger partial charge in [-0.1, -0.05) is 26.8 Å². The molecule has 0 aromatic carbocycles. The maximum absolute atomic E-state index is 9.28. The van der Waals surface area contributed by atoms with E-state index in [-0.39, 0.29) is 6.61 Å². The normalized spacial score (nSPS) is 12.9. The molecule has 1 aromatic heterocycles. The minimum absolute atomic E-state index is 0.223. The number of aliphatic imine (C=N–C) groups is 1. The first-order chi connectivity index (χ1) is 12.6. The molecule has 26 heavy (non-hydrogen) atoms. The molecule has 6 heteroatoms. The Morgan fingerprint density at radius 2 is 2.12 bits per heavy atom. The Kier molecular flexibility index (Phi) is 11.4. The fourth-order valence-electron chi connectivity index (χ4n) is 2.77. The number of aliphatic hydroxyl groups is 1. The van der Waals surface area contributed by atoms with Crippen molar-refractivity contribution in [2.24, 2.45) is 16.8 Å². The van der Waals surface area contributed by atoms with Crippen molar-refractivity contribution in [2.75, 3.05) is 26.3 Å². The van der Waals surface area contributed by atoms with Crippen molar-refractivity contribution in [3.8, 4) is 5.88 Å². The maximum Gasteiger partial charge on any atom is 0.218 e. The lowest BCUT2D eigenvalue weighted by Gasteiger charge is -2.20. The van der Waals surface area contributed by atoms with Gasteiger partial charge in [0.1, 0.15) is 0 Å². The molecule has 0 aliphatic heterocycles. The van der Waals surface area contributed by atoms with Crippen LogP contribution in [0.25, 0.3) is 0 Å². The fourth-order valence-corrected chi connectivity index (χ4v) is 2.77. The Labute approximate surface area is 158 Å². The van der Waals surface area contributed by atoms with Gasteiger partial charge < -0.3 is 20.5 Å². The molecule has 6 nitrogen and oxygen atoms in total. The average Bonchev–Trinajstić information content (AvgIpc) is 2.62. The van der Waals surface area contributed by atoms with E-state index in [4.69, 9.17) is 4.74 Å². The van der Waals surface area contributed by atoms with Gasteiger partial charge in [-0.25, -0.2) is 9.98 Å². The number of pyridine rings is 1. The highest BCUT2D eigenvalue weighted by molar-refractivity contribution is 5.79. The van der Waals surface area contributed by atoms with E-state index in [1.807, 2.05) is 12.1 Å². The summed E-state index contributed by atoms with van der Waals surface area (Å²) in [5, 5.41) is 16.0. The first kappa shape index (κ1) is 22.2. The molecule has 0 fully saturated rings. The maximum atomic E-state index is 9.28. The highest BCUT2D eigenvalue weighted by Crippen LogP contribution is 2.16. The fraction of sp³-hybridized carbons (Fsp3) is 0.700. The van der Waals surface area contributed by atoms with Gasteiger partial charge in [-0.2, -0.15) is 0 Å². The predicted molar refractivity (Wildman–Crippen MR) is 107 cm³/mol. The second-order valence-electron chi connectivity index (χ2n) is 6.90. The van der Waals surface area contributed by atoms with E-state index >= 15 is 0 Å². The number of hydrogen-bond acceptors (Lipinski definition) is 4. The lowest BCUT2D eigenvalue weighted by Crippen LogP contribution is -2.40. The second-order valence-corrected chi connectivity index (χ2v) is 6.90. The third-order valence-electron chi connectivity index (χ3n) is 3.94. The van der Waals surface area contributed by atoms with Gasteiger partial charge in [-0.15, -0.1) is 0 Å². The zero-order chi connectivity index (χ0) is 19.2. The summed E-state index contributed by atoms with van der Waals surface area (Å²) >= 11 is 0. The summed E-state index contributed by atoms with van der Waals surface area (Å²) in [6.45, 7) is 11.5. The SMILES string of the molecule is CCCOc1ncccc1CN=C(NCC)NCC(CCO)CC(C)C. The molecule has 0 saturated heterocycles. The monoisotopic (exact) mass is 364 g/mol. The van der Waals surface area contributed by atoms with Crippen LogP contribution in [-0.4, -0.2) is 42.4 Å². The summed E-state index contributed by atoms with van der Waals surface area (Å²) < 4.78 is 5.70. The summed E-state index contributed by atoms with van der Waals surface area (Å²) in [5.41, 5.74) is 0.979. The Morgan fingerprint density at radius 1 is 1.31 bits per heavy atom. The molecule has 1 heterocycles. The van der Waals surface area contributed by atoms with Crippen LogP contribution in [0.2, 0.25) is 0 Å². The molecule has 0 aliphatic rings. The number of aromatic nitrogens is 1. The summed E-state index contributed by atoms with van der Waals surface area (Å²) in [7, 11) is 0. The quantitative estimate of drug-likeness (QED) is 0.392. The van der Waals surface area contributed by atoms with Gasteiger partial charge in [0.15, 0.2) is 5.96 Å². The standard InChI is InChI=1S/C20H36N4O2/c1-5-12-26-19-18(8-7-10-22-19)15-24-20(21-6-2)23-14-17(9-11-25)13-16(3)4/h7-8,10,16-17,25H,5-6,9,11-15H2,1-4H3,(H2,21,23,24). The van der Waals surface area contributed by atoms with E-state index in [1.165, 1.54) is 0 Å². The molecule has 1 unspecified atom stereocenters. The van der Waals surface area contributed by atoms with Crippen LogP contribution in [0.5, 0.6) is 5.88 Å². The molecule has 3 N–H and O–H groups in total. The van der Waals surface area contributed by atoms with Crippen LogP contribution in [0.3, 0.4) is 0 Å². The van der Waals surface area contributed by atoms with Crippen LogP contribution in [0.15, 0.2) is 23.3 Å². The van der Waals surface area contributed by atoms with E-state index in [0.29, 0.717) is 30.9 Å². The number of hydrogen-bond donors (Lipinski definition) is 3. The minimum atomic E-state index is 0.223. The van der Waals surface area contributed by atoms with Crippen molar-refractivity contribution in [1.29, 1.82) is 0 Å². The predicted octanol–water partition coefficient (Wildman–Crippen LogP) is 2.97. The van der Waals surface area contributed by atoms with Crippen molar-refractivity contribution < 1.29 is 9.84 Å². The molecular formula is C20H36N4O2. The van der Waals surface area contributed by atoms with E-state index in [0.717, 1.165) is 43.9 Å². The van der Waals surface area contributed by atoms with Crippen molar-refractivity contribution in [2.45, 2.75) is 53.5 Å². The molecule has 0 aliphatic carbocycles. The topological polar surface area (TPSA) is 78.8 Å². The van der Waals surface area contributed by atoms with Gasteiger partial charge in [-0.05, 0) is 44.1 Å². The van der Waals surface area contributed by atoms with Gasteiger partial charge >= 0.3 is 0 Å². The zero-order valence-corrected chi connectivity index (χ0v) is 16.8. The van der Waals surface area contributed by atoms with Gasteiger partial charge in [0, 0.05) is 31.5 Å². The Bertz CT molecular complexity index is 520. The Balaban J connectivity index is 2.70. The molecule has 0 saturated carbocycles. The lowest BCUT2D eigenvalue weighted by molar-refractivity contribution is 0.243. The molecule has 0 radical (unpaired) electrons. The molecular weight excluding hydrogens is 328 g/mol. The number of nitrogens with one attached hydrogen (secondary N) is 2. The molecule has 148 valence electrons. The van der Waals surface area contributed by atoms with Gasteiger partial charge in [-0.3, -0.25) is 0 Å². The van der Waals surface area contributed by atoms with Crippen molar-refractivity contribution in [1.82, 2.24) is 15.6 Å². The lowest BCUT2D eigenvalue weighted by atomic mass is 9.94.